The molecule has 3 aromatic rings. The van der Waals surface area contributed by atoms with E-state index in [1.807, 2.05) is 31.2 Å². The van der Waals surface area contributed by atoms with E-state index >= 15 is 0 Å². The first-order valence-electron chi connectivity index (χ1n) is 9.77. The zero-order chi connectivity index (χ0) is 21.1. The average molecular weight is 414 g/mol. The molecule has 0 bridgehead atoms. The molecule has 0 N–H and O–H groups in total. The third kappa shape index (κ3) is 4.28. The molecular formula is C21H27N5O2S. The monoisotopic (exact) mass is 413 g/mol. The second-order valence-corrected chi connectivity index (χ2v) is 8.09. The van der Waals surface area contributed by atoms with E-state index in [-0.39, 0.29) is 5.56 Å². The SMILES string of the molecule is CCN(CC)CCSc1nc(-c2cccc(C)c2)nc2c1c(=O)n(C)c(=O)n2C. The van der Waals surface area contributed by atoms with Crippen LogP contribution in [0, 0.1) is 6.92 Å². The molecule has 0 spiro atoms. The van der Waals surface area contributed by atoms with Crippen molar-refractivity contribution in [3.8, 4) is 11.4 Å². The molecule has 2 aromatic heterocycles. The summed E-state index contributed by atoms with van der Waals surface area (Å²) in [5.74, 6) is 1.32. The van der Waals surface area contributed by atoms with Gasteiger partial charge in [0.2, 0.25) is 0 Å². The number of aromatic nitrogens is 4. The Labute approximate surface area is 174 Å². The fourth-order valence-corrected chi connectivity index (χ4v) is 4.27. The van der Waals surface area contributed by atoms with Crippen LogP contribution in [0.3, 0.4) is 0 Å². The van der Waals surface area contributed by atoms with Crippen molar-refractivity contribution in [3.63, 3.8) is 0 Å². The zero-order valence-electron chi connectivity index (χ0n) is 17.6. The number of fused-ring (bicyclic) bond motifs is 1. The number of aryl methyl sites for hydroxylation is 2. The Morgan fingerprint density at radius 3 is 2.45 bits per heavy atom. The Hall–Kier alpha value is -2.45. The van der Waals surface area contributed by atoms with E-state index in [0.29, 0.717) is 21.9 Å². The first-order chi connectivity index (χ1) is 13.9. The van der Waals surface area contributed by atoms with Crippen LogP contribution in [0.4, 0.5) is 0 Å². The summed E-state index contributed by atoms with van der Waals surface area (Å²) >= 11 is 1.54. The van der Waals surface area contributed by atoms with E-state index in [9.17, 15) is 9.59 Å². The van der Waals surface area contributed by atoms with Gasteiger partial charge in [-0.15, -0.1) is 11.8 Å². The van der Waals surface area contributed by atoms with E-state index in [4.69, 9.17) is 4.98 Å². The van der Waals surface area contributed by atoms with Gasteiger partial charge in [-0.1, -0.05) is 37.6 Å². The summed E-state index contributed by atoms with van der Waals surface area (Å²) in [5.41, 5.74) is 1.58. The third-order valence-electron chi connectivity index (χ3n) is 5.08. The molecule has 0 aliphatic carbocycles. The molecule has 8 heteroatoms. The Morgan fingerprint density at radius 2 is 1.79 bits per heavy atom. The summed E-state index contributed by atoms with van der Waals surface area (Å²) in [4.78, 5) is 37.0. The Balaban J connectivity index is 2.18. The summed E-state index contributed by atoms with van der Waals surface area (Å²) in [6.07, 6.45) is 0. The molecule has 0 aliphatic rings. The van der Waals surface area contributed by atoms with Crippen LogP contribution in [0.1, 0.15) is 19.4 Å². The molecular weight excluding hydrogens is 386 g/mol. The minimum absolute atomic E-state index is 0.357. The smallest absolute Gasteiger partial charge is 0.303 e. The van der Waals surface area contributed by atoms with Gasteiger partial charge in [-0.25, -0.2) is 14.8 Å². The fourth-order valence-electron chi connectivity index (χ4n) is 3.26. The number of nitrogens with zero attached hydrogens (tertiary/aromatic N) is 5. The molecule has 0 saturated carbocycles. The number of hydrogen-bond donors (Lipinski definition) is 0. The second kappa shape index (κ2) is 8.92. The standard InChI is InChI=1S/C21H27N5O2S/c1-6-26(7-2)11-12-29-19-16-18(24(4)21(28)25(5)20(16)27)22-17(23-19)15-10-8-9-14(3)13-15/h8-10,13H,6-7,11-12H2,1-5H3. The average Bonchev–Trinajstić information content (AvgIpc) is 2.73. The van der Waals surface area contributed by atoms with Gasteiger partial charge < -0.3 is 4.90 Å². The molecule has 1 aromatic carbocycles. The van der Waals surface area contributed by atoms with Crippen LogP contribution in [0.25, 0.3) is 22.4 Å². The van der Waals surface area contributed by atoms with Crippen LogP contribution in [0.15, 0.2) is 38.9 Å². The van der Waals surface area contributed by atoms with Crippen LogP contribution in [0.2, 0.25) is 0 Å². The Bertz CT molecular complexity index is 1150. The molecule has 0 radical (unpaired) electrons. The van der Waals surface area contributed by atoms with E-state index in [1.165, 1.54) is 23.4 Å². The van der Waals surface area contributed by atoms with Crippen LogP contribution >= 0.6 is 11.8 Å². The second-order valence-electron chi connectivity index (χ2n) is 7.00. The van der Waals surface area contributed by atoms with Gasteiger partial charge in [0.15, 0.2) is 11.5 Å². The summed E-state index contributed by atoms with van der Waals surface area (Å²) in [6, 6.07) is 7.91. The lowest BCUT2D eigenvalue weighted by atomic mass is 10.1. The van der Waals surface area contributed by atoms with Gasteiger partial charge >= 0.3 is 5.69 Å². The first kappa shape index (κ1) is 21.3. The fraction of sp³-hybridized carbons (Fsp3) is 0.429. The number of hydrogen-bond acceptors (Lipinski definition) is 6. The molecule has 2 heterocycles. The van der Waals surface area contributed by atoms with Gasteiger partial charge in [0, 0.05) is 32.0 Å². The molecule has 7 nitrogen and oxygen atoms in total. The molecule has 0 aliphatic heterocycles. The minimum atomic E-state index is -0.393. The largest absolute Gasteiger partial charge is 0.332 e. The molecule has 0 fully saturated rings. The number of benzene rings is 1. The van der Waals surface area contributed by atoms with Gasteiger partial charge in [0.25, 0.3) is 5.56 Å². The maximum absolute atomic E-state index is 12.9. The highest BCUT2D eigenvalue weighted by atomic mass is 32.2. The maximum Gasteiger partial charge on any atom is 0.332 e. The topological polar surface area (TPSA) is 73.0 Å². The molecule has 0 amide bonds. The van der Waals surface area contributed by atoms with E-state index in [1.54, 1.807) is 7.05 Å². The van der Waals surface area contributed by atoms with Gasteiger partial charge in [0.1, 0.15) is 10.4 Å². The van der Waals surface area contributed by atoms with E-state index in [0.717, 1.165) is 41.1 Å². The lowest BCUT2D eigenvalue weighted by Gasteiger charge is -2.17. The summed E-state index contributed by atoms with van der Waals surface area (Å²) in [5, 5.41) is 1.02. The van der Waals surface area contributed by atoms with Crippen molar-refractivity contribution in [2.24, 2.45) is 14.1 Å². The molecule has 3 rings (SSSR count). The van der Waals surface area contributed by atoms with Crippen molar-refractivity contribution < 1.29 is 0 Å². The third-order valence-corrected chi connectivity index (χ3v) is 6.04. The van der Waals surface area contributed by atoms with Gasteiger partial charge in [-0.05, 0) is 26.1 Å². The highest BCUT2D eigenvalue weighted by Crippen LogP contribution is 2.26. The molecule has 0 unspecified atom stereocenters. The van der Waals surface area contributed by atoms with Crippen molar-refractivity contribution in [3.05, 3.63) is 50.7 Å². The normalized spacial score (nSPS) is 11.5. The van der Waals surface area contributed by atoms with Crippen molar-refractivity contribution in [2.45, 2.75) is 25.8 Å². The lowest BCUT2D eigenvalue weighted by molar-refractivity contribution is 0.324. The van der Waals surface area contributed by atoms with Crippen molar-refractivity contribution in [1.29, 1.82) is 0 Å². The Morgan fingerprint density at radius 1 is 1.07 bits per heavy atom. The molecule has 154 valence electrons. The molecule has 0 saturated heterocycles. The Kier molecular flexibility index (Phi) is 6.54. The number of thioether (sulfide) groups is 1. The van der Waals surface area contributed by atoms with Crippen LogP contribution in [0.5, 0.6) is 0 Å². The number of rotatable bonds is 7. The lowest BCUT2D eigenvalue weighted by Crippen LogP contribution is -2.37. The maximum atomic E-state index is 12.9. The summed E-state index contributed by atoms with van der Waals surface area (Å²) in [7, 11) is 3.13. The van der Waals surface area contributed by atoms with Crippen molar-refractivity contribution in [1.82, 2.24) is 24.0 Å². The quantitative estimate of drug-likeness (QED) is 0.438. The van der Waals surface area contributed by atoms with E-state index in [2.05, 4.69) is 23.7 Å². The van der Waals surface area contributed by atoms with Gasteiger partial charge in [0.05, 0.1) is 0 Å². The highest BCUT2D eigenvalue weighted by molar-refractivity contribution is 7.99. The molecule has 29 heavy (non-hydrogen) atoms. The van der Waals surface area contributed by atoms with E-state index < -0.39 is 5.69 Å². The minimum Gasteiger partial charge on any atom is -0.303 e. The summed E-state index contributed by atoms with van der Waals surface area (Å²) < 4.78 is 2.54. The van der Waals surface area contributed by atoms with Crippen LogP contribution in [-0.4, -0.2) is 49.4 Å². The van der Waals surface area contributed by atoms with Crippen LogP contribution in [-0.2, 0) is 14.1 Å². The van der Waals surface area contributed by atoms with Crippen LogP contribution < -0.4 is 11.2 Å². The predicted molar refractivity (Wildman–Crippen MR) is 119 cm³/mol. The zero-order valence-corrected chi connectivity index (χ0v) is 18.4. The predicted octanol–water partition coefficient (Wildman–Crippen LogP) is 2.44. The van der Waals surface area contributed by atoms with Gasteiger partial charge in [-0.2, -0.15) is 0 Å². The summed E-state index contributed by atoms with van der Waals surface area (Å²) in [6.45, 7) is 9.13. The first-order valence-corrected chi connectivity index (χ1v) is 10.8. The van der Waals surface area contributed by atoms with Gasteiger partial charge in [-0.3, -0.25) is 13.9 Å². The highest BCUT2D eigenvalue weighted by Gasteiger charge is 2.18. The van der Waals surface area contributed by atoms with Crippen molar-refractivity contribution >= 4 is 22.8 Å². The van der Waals surface area contributed by atoms with Crippen molar-refractivity contribution in [2.75, 3.05) is 25.4 Å². The molecule has 0 atom stereocenters.